The summed E-state index contributed by atoms with van der Waals surface area (Å²) in [4.78, 5) is 5.24. The standard InChI is InChI=1S/C12H16N2O2S3/c1-8-13-9(7-17-8)10-5-6-11(18-10)19(15,16)14-12(2,3)4/h5-7,14H,1-4H3. The molecule has 0 unspecified atom stereocenters. The van der Waals surface area contributed by atoms with Crippen LogP contribution in [0.25, 0.3) is 10.6 Å². The maximum Gasteiger partial charge on any atom is 0.250 e. The predicted molar refractivity (Wildman–Crippen MR) is 80.2 cm³/mol. The molecule has 0 atom stereocenters. The van der Waals surface area contributed by atoms with Gasteiger partial charge in [-0.25, -0.2) is 18.1 Å². The van der Waals surface area contributed by atoms with Gasteiger partial charge in [0.05, 0.1) is 15.6 Å². The number of aromatic nitrogens is 1. The van der Waals surface area contributed by atoms with Crippen LogP contribution in [0.1, 0.15) is 25.8 Å². The first-order valence-electron chi connectivity index (χ1n) is 5.74. The van der Waals surface area contributed by atoms with E-state index in [9.17, 15) is 8.42 Å². The van der Waals surface area contributed by atoms with Gasteiger partial charge in [0.2, 0.25) is 0 Å². The number of thiazole rings is 1. The van der Waals surface area contributed by atoms with Crippen molar-refractivity contribution in [2.45, 2.75) is 37.4 Å². The molecule has 104 valence electrons. The van der Waals surface area contributed by atoms with Crippen LogP contribution >= 0.6 is 22.7 Å². The lowest BCUT2D eigenvalue weighted by molar-refractivity contribution is 0.492. The van der Waals surface area contributed by atoms with Gasteiger partial charge in [0, 0.05) is 10.9 Å². The molecule has 0 aliphatic rings. The molecular formula is C12H16N2O2S3. The van der Waals surface area contributed by atoms with Gasteiger partial charge in [-0.15, -0.1) is 22.7 Å². The van der Waals surface area contributed by atoms with Gasteiger partial charge in [0.15, 0.2) is 0 Å². The Morgan fingerprint density at radius 3 is 2.47 bits per heavy atom. The van der Waals surface area contributed by atoms with Gasteiger partial charge in [0.25, 0.3) is 10.0 Å². The molecule has 2 aromatic heterocycles. The molecule has 0 radical (unpaired) electrons. The number of nitrogens with one attached hydrogen (secondary N) is 1. The Morgan fingerprint density at radius 1 is 1.26 bits per heavy atom. The predicted octanol–water partition coefficient (Wildman–Crippen LogP) is 3.26. The Labute approximate surface area is 121 Å². The van der Waals surface area contributed by atoms with E-state index >= 15 is 0 Å². The molecule has 7 heteroatoms. The van der Waals surface area contributed by atoms with E-state index in [4.69, 9.17) is 0 Å². The minimum absolute atomic E-state index is 0.322. The van der Waals surface area contributed by atoms with Crippen molar-refractivity contribution in [2.75, 3.05) is 0 Å². The molecule has 4 nitrogen and oxygen atoms in total. The molecule has 2 heterocycles. The summed E-state index contributed by atoms with van der Waals surface area (Å²) in [5.74, 6) is 0. The molecule has 0 spiro atoms. The Kier molecular flexibility index (Phi) is 3.83. The lowest BCUT2D eigenvalue weighted by Gasteiger charge is -2.19. The summed E-state index contributed by atoms with van der Waals surface area (Å²) in [5.41, 5.74) is 0.352. The first-order chi connectivity index (χ1) is 8.67. The van der Waals surface area contributed by atoms with Gasteiger partial charge in [-0.3, -0.25) is 0 Å². The maximum absolute atomic E-state index is 12.2. The van der Waals surface area contributed by atoms with Crippen molar-refractivity contribution in [1.82, 2.24) is 9.71 Å². The zero-order valence-electron chi connectivity index (χ0n) is 11.2. The van der Waals surface area contributed by atoms with Gasteiger partial charge in [-0.05, 0) is 39.8 Å². The molecular weight excluding hydrogens is 300 g/mol. The highest BCUT2D eigenvalue weighted by atomic mass is 32.2. The van der Waals surface area contributed by atoms with E-state index in [1.54, 1.807) is 23.5 Å². The van der Waals surface area contributed by atoms with Crippen molar-refractivity contribution in [2.24, 2.45) is 0 Å². The van der Waals surface area contributed by atoms with Crippen molar-refractivity contribution in [1.29, 1.82) is 0 Å². The second-order valence-electron chi connectivity index (χ2n) is 5.23. The van der Waals surface area contributed by atoms with Crippen molar-refractivity contribution < 1.29 is 8.42 Å². The van der Waals surface area contributed by atoms with Gasteiger partial charge in [-0.2, -0.15) is 0 Å². The SMILES string of the molecule is Cc1nc(-c2ccc(S(=O)(=O)NC(C)(C)C)s2)cs1. The number of thiophene rings is 1. The van der Waals surface area contributed by atoms with Crippen LogP contribution in [-0.2, 0) is 10.0 Å². The molecule has 0 aromatic carbocycles. The Balaban J connectivity index is 2.31. The fourth-order valence-electron chi connectivity index (χ4n) is 1.53. The minimum Gasteiger partial charge on any atom is -0.241 e. The molecule has 1 N–H and O–H groups in total. The fourth-order valence-corrected chi connectivity index (χ4v) is 4.90. The smallest absolute Gasteiger partial charge is 0.241 e. The summed E-state index contributed by atoms with van der Waals surface area (Å²) < 4.78 is 27.3. The summed E-state index contributed by atoms with van der Waals surface area (Å²) in [5, 5.41) is 2.91. The third-order valence-corrected chi connectivity index (χ3v) is 6.29. The Hall–Kier alpha value is -0.760. The Bertz CT molecular complexity index is 678. The summed E-state index contributed by atoms with van der Waals surface area (Å²) in [6, 6.07) is 3.43. The summed E-state index contributed by atoms with van der Waals surface area (Å²) in [6.07, 6.45) is 0. The highest BCUT2D eigenvalue weighted by molar-refractivity contribution is 7.91. The van der Waals surface area contributed by atoms with E-state index in [2.05, 4.69) is 9.71 Å². The van der Waals surface area contributed by atoms with E-state index < -0.39 is 15.6 Å². The van der Waals surface area contributed by atoms with Crippen molar-refractivity contribution >= 4 is 32.7 Å². The van der Waals surface area contributed by atoms with Crippen LogP contribution in [0.5, 0.6) is 0 Å². The molecule has 2 aromatic rings. The third kappa shape index (κ3) is 3.62. The van der Waals surface area contributed by atoms with Crippen LogP contribution in [0.3, 0.4) is 0 Å². The first-order valence-corrected chi connectivity index (χ1v) is 8.92. The number of rotatable bonds is 3. The number of aryl methyl sites for hydroxylation is 1. The van der Waals surface area contributed by atoms with Gasteiger partial charge < -0.3 is 0 Å². The molecule has 0 amide bonds. The van der Waals surface area contributed by atoms with Gasteiger partial charge in [0.1, 0.15) is 4.21 Å². The second kappa shape index (κ2) is 4.97. The van der Waals surface area contributed by atoms with E-state index in [0.717, 1.165) is 15.6 Å². The monoisotopic (exact) mass is 316 g/mol. The van der Waals surface area contributed by atoms with Crippen molar-refractivity contribution in [3.8, 4) is 10.6 Å². The van der Waals surface area contributed by atoms with E-state index in [1.807, 2.05) is 33.1 Å². The normalized spacial score (nSPS) is 12.8. The molecule has 0 aliphatic heterocycles. The average Bonchev–Trinajstić information content (AvgIpc) is 2.81. The van der Waals surface area contributed by atoms with E-state index in [1.165, 1.54) is 11.3 Å². The van der Waals surface area contributed by atoms with Gasteiger partial charge in [-0.1, -0.05) is 0 Å². The zero-order chi connectivity index (χ0) is 14.3. The largest absolute Gasteiger partial charge is 0.250 e. The topological polar surface area (TPSA) is 59.1 Å². The molecule has 0 fully saturated rings. The second-order valence-corrected chi connectivity index (χ2v) is 9.28. The molecule has 0 saturated heterocycles. The lowest BCUT2D eigenvalue weighted by atomic mass is 10.1. The highest BCUT2D eigenvalue weighted by Gasteiger charge is 2.23. The van der Waals surface area contributed by atoms with E-state index in [-0.39, 0.29) is 0 Å². The van der Waals surface area contributed by atoms with Crippen molar-refractivity contribution in [3.63, 3.8) is 0 Å². The number of hydrogen-bond donors (Lipinski definition) is 1. The summed E-state index contributed by atoms with van der Waals surface area (Å²) in [7, 11) is -3.45. The third-order valence-electron chi connectivity index (χ3n) is 2.16. The summed E-state index contributed by atoms with van der Waals surface area (Å²) >= 11 is 2.80. The molecule has 0 aliphatic carbocycles. The molecule has 0 saturated carbocycles. The summed E-state index contributed by atoms with van der Waals surface area (Å²) in [6.45, 7) is 7.40. The molecule has 19 heavy (non-hydrogen) atoms. The van der Waals surface area contributed by atoms with Crippen LogP contribution in [0.15, 0.2) is 21.7 Å². The van der Waals surface area contributed by atoms with E-state index in [0.29, 0.717) is 4.21 Å². The van der Waals surface area contributed by atoms with Crippen LogP contribution in [0, 0.1) is 6.92 Å². The van der Waals surface area contributed by atoms with Crippen LogP contribution in [0.2, 0.25) is 0 Å². The minimum atomic E-state index is -3.45. The van der Waals surface area contributed by atoms with Gasteiger partial charge >= 0.3 is 0 Å². The Morgan fingerprint density at radius 2 is 1.95 bits per heavy atom. The lowest BCUT2D eigenvalue weighted by Crippen LogP contribution is -2.40. The van der Waals surface area contributed by atoms with Crippen LogP contribution in [0.4, 0.5) is 0 Å². The quantitative estimate of drug-likeness (QED) is 0.945. The number of nitrogens with zero attached hydrogens (tertiary/aromatic N) is 1. The number of hydrogen-bond acceptors (Lipinski definition) is 5. The molecule has 2 rings (SSSR count). The average molecular weight is 316 g/mol. The maximum atomic E-state index is 12.2. The number of sulfonamides is 1. The zero-order valence-corrected chi connectivity index (χ0v) is 13.7. The molecule has 0 bridgehead atoms. The van der Waals surface area contributed by atoms with Crippen LogP contribution in [-0.4, -0.2) is 18.9 Å². The van der Waals surface area contributed by atoms with Crippen molar-refractivity contribution in [3.05, 3.63) is 22.5 Å². The first kappa shape index (κ1) is 14.6. The fraction of sp³-hybridized carbons (Fsp3) is 0.417. The highest BCUT2D eigenvalue weighted by Crippen LogP contribution is 2.31. The van der Waals surface area contributed by atoms with Crippen LogP contribution < -0.4 is 4.72 Å².